The number of hydrogen-bond donors (Lipinski definition) is 1. The molecule has 3 nitrogen and oxygen atoms in total. The van der Waals surface area contributed by atoms with Crippen LogP contribution in [0.1, 0.15) is 32.1 Å². The van der Waals surface area contributed by atoms with E-state index < -0.39 is 0 Å². The smallest absolute Gasteiger partial charge is 0.227 e. The maximum atomic E-state index is 12.7. The molecule has 0 heterocycles. The van der Waals surface area contributed by atoms with Gasteiger partial charge in [-0.15, -0.1) is 18.3 Å². The first kappa shape index (κ1) is 16.3. The van der Waals surface area contributed by atoms with E-state index in [1.807, 2.05) is 30.3 Å². The second kappa shape index (κ2) is 7.35. The maximum Gasteiger partial charge on any atom is 0.227 e. The molecule has 0 spiro atoms. The minimum Gasteiger partial charge on any atom is -0.325 e. The molecule has 1 aromatic carbocycles. The number of hydrogen-bond acceptors (Lipinski definition) is 3. The quantitative estimate of drug-likeness (QED) is 0.647. The summed E-state index contributed by atoms with van der Waals surface area (Å²) < 4.78 is 0. The lowest BCUT2D eigenvalue weighted by Gasteiger charge is -2.37. The van der Waals surface area contributed by atoms with Gasteiger partial charge < -0.3 is 5.32 Å². The average Bonchev–Trinajstić information content (AvgIpc) is 2.53. The van der Waals surface area contributed by atoms with Crippen molar-refractivity contribution in [2.45, 2.75) is 37.0 Å². The van der Waals surface area contributed by atoms with E-state index >= 15 is 0 Å². The zero-order valence-corrected chi connectivity index (χ0v) is 14.1. The summed E-state index contributed by atoms with van der Waals surface area (Å²) in [5.41, 5.74) is 0.867. The standard InChI is InChI=1S/C19H23NO2S/c1-2-10-23-17-9-4-3-8-16(17)20-19(22)15-11-13-6-5-7-14(12-15)18(13)21/h2-4,8-9,13-15H,1,5-7,10-12H2,(H,20,22). The SMILES string of the molecule is C=CCSc1ccccc1NC(=O)C1CC2CCCC(C1)C2=O. The fraction of sp³-hybridized carbons (Fsp3) is 0.474. The molecule has 0 aliphatic heterocycles. The van der Waals surface area contributed by atoms with E-state index in [0.717, 1.165) is 48.4 Å². The fourth-order valence-electron chi connectivity index (χ4n) is 3.77. The second-order valence-electron chi connectivity index (χ2n) is 6.48. The average molecular weight is 329 g/mol. The lowest BCUT2D eigenvalue weighted by Crippen LogP contribution is -2.40. The second-order valence-corrected chi connectivity index (χ2v) is 7.54. The molecular formula is C19H23NO2S. The minimum atomic E-state index is -0.0274. The third-order valence-electron chi connectivity index (χ3n) is 4.92. The van der Waals surface area contributed by atoms with Crippen molar-refractivity contribution in [1.29, 1.82) is 0 Å². The van der Waals surface area contributed by atoms with E-state index in [0.29, 0.717) is 5.78 Å². The van der Waals surface area contributed by atoms with Gasteiger partial charge in [0, 0.05) is 28.4 Å². The summed E-state index contributed by atoms with van der Waals surface area (Å²) in [6, 6.07) is 7.87. The van der Waals surface area contributed by atoms with Gasteiger partial charge in [-0.05, 0) is 37.8 Å². The van der Waals surface area contributed by atoms with E-state index in [1.54, 1.807) is 11.8 Å². The molecule has 23 heavy (non-hydrogen) atoms. The van der Waals surface area contributed by atoms with Crippen molar-refractivity contribution in [2.24, 2.45) is 17.8 Å². The first-order valence-electron chi connectivity index (χ1n) is 8.36. The van der Waals surface area contributed by atoms with Gasteiger partial charge in [0.05, 0.1) is 5.69 Å². The van der Waals surface area contributed by atoms with Crippen LogP contribution in [0.4, 0.5) is 5.69 Å². The molecule has 2 saturated carbocycles. The van der Waals surface area contributed by atoms with Crippen LogP contribution in [0, 0.1) is 17.8 Å². The van der Waals surface area contributed by atoms with Crippen molar-refractivity contribution in [2.75, 3.05) is 11.1 Å². The third kappa shape index (κ3) is 3.69. The highest BCUT2D eigenvalue weighted by atomic mass is 32.2. The predicted molar refractivity (Wildman–Crippen MR) is 94.6 cm³/mol. The van der Waals surface area contributed by atoms with Crippen molar-refractivity contribution in [3.8, 4) is 0 Å². The number of amides is 1. The first-order chi connectivity index (χ1) is 11.2. The molecule has 122 valence electrons. The number of para-hydroxylation sites is 1. The van der Waals surface area contributed by atoms with Crippen molar-refractivity contribution < 1.29 is 9.59 Å². The zero-order chi connectivity index (χ0) is 16.2. The molecule has 4 heteroatoms. The van der Waals surface area contributed by atoms with Gasteiger partial charge >= 0.3 is 0 Å². The first-order valence-corrected chi connectivity index (χ1v) is 9.35. The van der Waals surface area contributed by atoms with Gasteiger partial charge in [-0.1, -0.05) is 24.6 Å². The van der Waals surface area contributed by atoms with Crippen LogP contribution in [0.15, 0.2) is 41.8 Å². The molecule has 2 aliphatic rings. The topological polar surface area (TPSA) is 46.2 Å². The molecule has 1 aromatic rings. The maximum absolute atomic E-state index is 12.7. The minimum absolute atomic E-state index is 0.0274. The van der Waals surface area contributed by atoms with Crippen LogP contribution in [0.5, 0.6) is 0 Å². The molecule has 2 atom stereocenters. The van der Waals surface area contributed by atoms with Crippen molar-refractivity contribution in [1.82, 2.24) is 0 Å². The number of benzene rings is 1. The van der Waals surface area contributed by atoms with Crippen LogP contribution >= 0.6 is 11.8 Å². The van der Waals surface area contributed by atoms with Gasteiger partial charge in [-0.2, -0.15) is 0 Å². The van der Waals surface area contributed by atoms with E-state index in [9.17, 15) is 9.59 Å². The number of anilines is 1. The van der Waals surface area contributed by atoms with Gasteiger partial charge in [-0.25, -0.2) is 0 Å². The molecule has 0 radical (unpaired) electrons. The molecular weight excluding hydrogens is 306 g/mol. The largest absolute Gasteiger partial charge is 0.325 e. The Hall–Kier alpha value is -1.55. The number of ketones is 1. The fourth-order valence-corrected chi connectivity index (χ4v) is 4.52. The number of rotatable bonds is 5. The number of fused-ring (bicyclic) bond motifs is 2. The Morgan fingerprint density at radius 1 is 1.26 bits per heavy atom. The Morgan fingerprint density at radius 3 is 2.65 bits per heavy atom. The molecule has 2 bridgehead atoms. The Morgan fingerprint density at radius 2 is 1.96 bits per heavy atom. The number of nitrogens with one attached hydrogen (secondary N) is 1. The molecule has 2 aliphatic carbocycles. The van der Waals surface area contributed by atoms with Crippen LogP contribution in [0.25, 0.3) is 0 Å². The monoisotopic (exact) mass is 329 g/mol. The van der Waals surface area contributed by atoms with Crippen LogP contribution in [0.2, 0.25) is 0 Å². The van der Waals surface area contributed by atoms with Gasteiger partial charge in [0.2, 0.25) is 5.91 Å². The molecule has 0 saturated heterocycles. The van der Waals surface area contributed by atoms with E-state index in [2.05, 4.69) is 11.9 Å². The molecule has 1 amide bonds. The van der Waals surface area contributed by atoms with E-state index in [4.69, 9.17) is 0 Å². The third-order valence-corrected chi connectivity index (χ3v) is 5.99. The Balaban J connectivity index is 1.68. The van der Waals surface area contributed by atoms with Crippen molar-refractivity contribution in [3.05, 3.63) is 36.9 Å². The highest BCUT2D eigenvalue weighted by Gasteiger charge is 2.41. The lowest BCUT2D eigenvalue weighted by atomic mass is 9.67. The summed E-state index contributed by atoms with van der Waals surface area (Å²) >= 11 is 1.67. The summed E-state index contributed by atoms with van der Waals surface area (Å²) in [4.78, 5) is 25.9. The highest BCUT2D eigenvalue weighted by molar-refractivity contribution is 7.99. The predicted octanol–water partition coefficient (Wildman–Crippen LogP) is 4.30. The normalized spacial score (nSPS) is 26.6. The molecule has 2 unspecified atom stereocenters. The Kier molecular flexibility index (Phi) is 5.21. The van der Waals surface area contributed by atoms with Gasteiger partial charge in [0.15, 0.2) is 0 Å². The molecule has 0 aromatic heterocycles. The van der Waals surface area contributed by atoms with Gasteiger partial charge in [-0.3, -0.25) is 9.59 Å². The number of thioether (sulfide) groups is 1. The lowest BCUT2D eigenvalue weighted by molar-refractivity contribution is -0.136. The zero-order valence-electron chi connectivity index (χ0n) is 13.3. The Bertz CT molecular complexity index is 597. The molecule has 1 N–H and O–H groups in total. The summed E-state index contributed by atoms with van der Waals surface area (Å²) in [7, 11) is 0. The van der Waals surface area contributed by atoms with Crippen molar-refractivity contribution in [3.63, 3.8) is 0 Å². The number of Topliss-reactive ketones (excluding diaryl/α,β-unsaturated/α-hetero) is 1. The number of carbonyl (C=O) groups is 2. The number of carbonyl (C=O) groups excluding carboxylic acids is 2. The highest BCUT2D eigenvalue weighted by Crippen LogP contribution is 2.40. The summed E-state index contributed by atoms with van der Waals surface area (Å²) in [6.07, 6.45) is 6.37. The summed E-state index contributed by atoms with van der Waals surface area (Å²) in [5.74, 6) is 1.49. The molecule has 2 fully saturated rings. The van der Waals surface area contributed by atoms with E-state index in [1.165, 1.54) is 0 Å². The molecule has 3 rings (SSSR count). The summed E-state index contributed by atoms with van der Waals surface area (Å²) in [5, 5.41) is 3.09. The van der Waals surface area contributed by atoms with Crippen LogP contribution < -0.4 is 5.32 Å². The Labute approximate surface area is 141 Å². The van der Waals surface area contributed by atoms with Crippen LogP contribution in [0.3, 0.4) is 0 Å². The van der Waals surface area contributed by atoms with Gasteiger partial charge in [0.1, 0.15) is 5.78 Å². The van der Waals surface area contributed by atoms with Crippen LogP contribution in [-0.2, 0) is 9.59 Å². The summed E-state index contributed by atoms with van der Waals surface area (Å²) in [6.45, 7) is 3.74. The van der Waals surface area contributed by atoms with Crippen LogP contribution in [-0.4, -0.2) is 17.4 Å². The van der Waals surface area contributed by atoms with Crippen molar-refractivity contribution >= 4 is 29.1 Å². The van der Waals surface area contributed by atoms with E-state index in [-0.39, 0.29) is 23.7 Å². The van der Waals surface area contributed by atoms with Gasteiger partial charge in [0.25, 0.3) is 0 Å².